The fraction of sp³-hybridized carbons (Fsp3) is 0.417. The SMILES string of the molecule is Cc1c(NC(=O)CNc2cccc(OCC3CCCO3)c2)cccc1NC(=O)C1CC1. The number of hydrogen-bond donors (Lipinski definition) is 3. The first-order valence-corrected chi connectivity index (χ1v) is 10.9. The summed E-state index contributed by atoms with van der Waals surface area (Å²) in [6, 6.07) is 13.1. The number of hydrogen-bond acceptors (Lipinski definition) is 5. The largest absolute Gasteiger partial charge is 0.491 e. The number of carbonyl (C=O) groups excluding carboxylic acids is 2. The molecule has 1 aliphatic heterocycles. The van der Waals surface area contributed by atoms with E-state index in [0.29, 0.717) is 12.3 Å². The molecule has 3 N–H and O–H groups in total. The summed E-state index contributed by atoms with van der Waals surface area (Å²) in [5.74, 6) is 0.762. The van der Waals surface area contributed by atoms with E-state index in [-0.39, 0.29) is 30.4 Å². The van der Waals surface area contributed by atoms with Crippen LogP contribution in [-0.4, -0.2) is 37.7 Å². The van der Waals surface area contributed by atoms with Crippen LogP contribution < -0.4 is 20.7 Å². The molecule has 0 bridgehead atoms. The van der Waals surface area contributed by atoms with Gasteiger partial charge in [-0.15, -0.1) is 0 Å². The quantitative estimate of drug-likeness (QED) is 0.568. The summed E-state index contributed by atoms with van der Waals surface area (Å²) in [5, 5.41) is 9.00. The van der Waals surface area contributed by atoms with Crippen molar-refractivity contribution in [2.75, 3.05) is 35.7 Å². The highest BCUT2D eigenvalue weighted by Crippen LogP contribution is 2.31. The Balaban J connectivity index is 1.28. The van der Waals surface area contributed by atoms with Gasteiger partial charge in [-0.3, -0.25) is 9.59 Å². The summed E-state index contributed by atoms with van der Waals surface area (Å²) < 4.78 is 11.4. The highest BCUT2D eigenvalue weighted by Gasteiger charge is 2.29. The van der Waals surface area contributed by atoms with Gasteiger partial charge in [-0.05, 0) is 62.4 Å². The first-order valence-electron chi connectivity index (χ1n) is 10.9. The smallest absolute Gasteiger partial charge is 0.243 e. The van der Waals surface area contributed by atoms with E-state index in [9.17, 15) is 9.59 Å². The van der Waals surface area contributed by atoms with Crippen molar-refractivity contribution in [3.8, 4) is 5.75 Å². The minimum atomic E-state index is -0.167. The summed E-state index contributed by atoms with van der Waals surface area (Å²) >= 11 is 0. The van der Waals surface area contributed by atoms with E-state index >= 15 is 0 Å². The van der Waals surface area contributed by atoms with Crippen LogP contribution >= 0.6 is 0 Å². The summed E-state index contributed by atoms with van der Waals surface area (Å²) in [7, 11) is 0. The number of rotatable bonds is 9. The van der Waals surface area contributed by atoms with Gasteiger partial charge < -0.3 is 25.4 Å². The van der Waals surface area contributed by atoms with Gasteiger partial charge in [0.1, 0.15) is 12.4 Å². The molecule has 1 saturated heterocycles. The lowest BCUT2D eigenvalue weighted by Crippen LogP contribution is -2.22. The molecule has 1 aliphatic carbocycles. The number of carbonyl (C=O) groups is 2. The Labute approximate surface area is 182 Å². The minimum Gasteiger partial charge on any atom is -0.491 e. The van der Waals surface area contributed by atoms with Crippen molar-refractivity contribution >= 4 is 28.9 Å². The van der Waals surface area contributed by atoms with E-state index in [4.69, 9.17) is 9.47 Å². The van der Waals surface area contributed by atoms with Crippen LogP contribution in [0.15, 0.2) is 42.5 Å². The lowest BCUT2D eigenvalue weighted by molar-refractivity contribution is -0.117. The van der Waals surface area contributed by atoms with E-state index in [1.807, 2.05) is 49.4 Å². The van der Waals surface area contributed by atoms with Gasteiger partial charge in [0.25, 0.3) is 0 Å². The molecular formula is C24H29N3O4. The van der Waals surface area contributed by atoms with Crippen molar-refractivity contribution in [2.45, 2.75) is 38.7 Å². The maximum absolute atomic E-state index is 12.5. The molecule has 2 aromatic rings. The average Bonchev–Trinajstić information content (AvgIpc) is 3.50. The second-order valence-electron chi connectivity index (χ2n) is 8.12. The van der Waals surface area contributed by atoms with Crippen LogP contribution in [-0.2, 0) is 14.3 Å². The molecule has 1 saturated carbocycles. The van der Waals surface area contributed by atoms with Crippen molar-refractivity contribution < 1.29 is 19.1 Å². The zero-order chi connectivity index (χ0) is 21.6. The topological polar surface area (TPSA) is 88.7 Å². The van der Waals surface area contributed by atoms with Gasteiger partial charge in [-0.1, -0.05) is 12.1 Å². The maximum atomic E-state index is 12.5. The Hall–Kier alpha value is -3.06. The van der Waals surface area contributed by atoms with Gasteiger partial charge in [0.05, 0.1) is 12.6 Å². The first-order chi connectivity index (χ1) is 15.1. The fourth-order valence-electron chi connectivity index (χ4n) is 3.52. The second-order valence-corrected chi connectivity index (χ2v) is 8.12. The van der Waals surface area contributed by atoms with Gasteiger partial charge in [-0.25, -0.2) is 0 Å². The highest BCUT2D eigenvalue weighted by molar-refractivity contribution is 5.98. The first kappa shape index (κ1) is 21.2. The van der Waals surface area contributed by atoms with Crippen LogP contribution in [0.3, 0.4) is 0 Å². The lowest BCUT2D eigenvalue weighted by atomic mass is 10.1. The van der Waals surface area contributed by atoms with Crippen LogP contribution in [0.1, 0.15) is 31.2 Å². The monoisotopic (exact) mass is 423 g/mol. The third-order valence-corrected chi connectivity index (χ3v) is 5.56. The van der Waals surface area contributed by atoms with Crippen LogP contribution in [0.2, 0.25) is 0 Å². The number of ether oxygens (including phenoxy) is 2. The molecule has 2 fully saturated rings. The van der Waals surface area contributed by atoms with Crippen molar-refractivity contribution in [3.05, 3.63) is 48.0 Å². The summed E-state index contributed by atoms with van der Waals surface area (Å²) in [6.07, 6.45) is 4.18. The van der Waals surface area contributed by atoms with E-state index in [2.05, 4.69) is 16.0 Å². The van der Waals surface area contributed by atoms with E-state index in [0.717, 1.165) is 55.0 Å². The Morgan fingerprint density at radius 2 is 1.84 bits per heavy atom. The van der Waals surface area contributed by atoms with Gasteiger partial charge in [0.15, 0.2) is 0 Å². The van der Waals surface area contributed by atoms with E-state index < -0.39 is 0 Å². The summed E-state index contributed by atoms with van der Waals surface area (Å²) in [5.41, 5.74) is 3.07. The third kappa shape index (κ3) is 5.98. The van der Waals surface area contributed by atoms with E-state index in [1.165, 1.54) is 0 Å². The molecule has 164 valence electrons. The molecule has 4 rings (SSSR count). The van der Waals surface area contributed by atoms with E-state index in [1.54, 1.807) is 0 Å². The molecule has 1 heterocycles. The lowest BCUT2D eigenvalue weighted by Gasteiger charge is -2.14. The van der Waals surface area contributed by atoms with Crippen molar-refractivity contribution in [1.29, 1.82) is 0 Å². The molecule has 31 heavy (non-hydrogen) atoms. The summed E-state index contributed by atoms with van der Waals surface area (Å²) in [6.45, 7) is 3.35. The molecule has 2 aliphatic rings. The van der Waals surface area contributed by atoms with Crippen LogP contribution in [0.5, 0.6) is 5.75 Å². The second kappa shape index (κ2) is 9.83. The molecule has 2 amide bonds. The average molecular weight is 424 g/mol. The molecule has 7 nitrogen and oxygen atoms in total. The molecule has 0 spiro atoms. The Bertz CT molecular complexity index is 936. The molecular weight excluding hydrogens is 394 g/mol. The third-order valence-electron chi connectivity index (χ3n) is 5.56. The van der Waals surface area contributed by atoms with Gasteiger partial charge in [0, 0.05) is 35.7 Å². The molecule has 1 unspecified atom stereocenters. The van der Waals surface area contributed by atoms with Crippen LogP contribution in [0.4, 0.5) is 17.1 Å². The van der Waals surface area contributed by atoms with Crippen molar-refractivity contribution in [3.63, 3.8) is 0 Å². The van der Waals surface area contributed by atoms with Gasteiger partial charge in [0.2, 0.25) is 11.8 Å². The number of benzene rings is 2. The Morgan fingerprint density at radius 1 is 1.06 bits per heavy atom. The van der Waals surface area contributed by atoms with Crippen molar-refractivity contribution in [1.82, 2.24) is 0 Å². The number of nitrogens with one attached hydrogen (secondary N) is 3. The van der Waals surface area contributed by atoms with Gasteiger partial charge >= 0.3 is 0 Å². The highest BCUT2D eigenvalue weighted by atomic mass is 16.5. The summed E-state index contributed by atoms with van der Waals surface area (Å²) in [4.78, 5) is 24.5. The molecule has 0 aromatic heterocycles. The predicted octanol–water partition coefficient (Wildman–Crippen LogP) is 3.95. The predicted molar refractivity (Wildman–Crippen MR) is 121 cm³/mol. The Morgan fingerprint density at radius 3 is 2.58 bits per heavy atom. The van der Waals surface area contributed by atoms with Crippen LogP contribution in [0.25, 0.3) is 0 Å². The molecule has 0 radical (unpaired) electrons. The molecule has 2 aromatic carbocycles. The maximum Gasteiger partial charge on any atom is 0.243 e. The molecule has 7 heteroatoms. The zero-order valence-corrected chi connectivity index (χ0v) is 17.8. The fourth-order valence-corrected chi connectivity index (χ4v) is 3.52. The van der Waals surface area contributed by atoms with Gasteiger partial charge in [-0.2, -0.15) is 0 Å². The standard InChI is InChI=1S/C24H29N3O4/c1-16-21(8-3-9-22(16)27-24(29)17-10-11-17)26-23(28)14-25-18-5-2-6-19(13-18)31-15-20-7-4-12-30-20/h2-3,5-6,8-9,13,17,20,25H,4,7,10-12,14-15H2,1H3,(H,26,28)(H,27,29). The zero-order valence-electron chi connectivity index (χ0n) is 17.8. The Kier molecular flexibility index (Phi) is 6.72. The van der Waals surface area contributed by atoms with Crippen molar-refractivity contribution in [2.24, 2.45) is 5.92 Å². The molecule has 1 atom stereocenters. The normalized spacial score (nSPS) is 17.8. The number of amides is 2. The van der Waals surface area contributed by atoms with Crippen LogP contribution in [0, 0.1) is 12.8 Å². The minimum absolute atomic E-state index is 0.0508. The number of anilines is 3.